The van der Waals surface area contributed by atoms with Crippen molar-refractivity contribution < 1.29 is 18.7 Å². The number of esters is 1. The van der Waals surface area contributed by atoms with Gasteiger partial charge in [0.25, 0.3) is 5.91 Å². The van der Waals surface area contributed by atoms with Crippen molar-refractivity contribution in [2.45, 2.75) is 46.3 Å². The maximum atomic E-state index is 12.2. The summed E-state index contributed by atoms with van der Waals surface area (Å²) in [5, 5.41) is 4.07. The van der Waals surface area contributed by atoms with E-state index in [4.69, 9.17) is 9.15 Å². The summed E-state index contributed by atoms with van der Waals surface area (Å²) in [7, 11) is 0. The maximum Gasteiger partial charge on any atom is 0.374 e. The molecule has 24 heavy (non-hydrogen) atoms. The van der Waals surface area contributed by atoms with Gasteiger partial charge in [-0.1, -0.05) is 0 Å². The van der Waals surface area contributed by atoms with Crippen LogP contribution in [0, 0.1) is 0 Å². The number of carbonyl (C=O) groups excluding carboxylic acids is 2. The molecule has 0 radical (unpaired) electrons. The molecular weight excluding hydrogens is 310 g/mol. The molecule has 7 nitrogen and oxygen atoms in total. The Morgan fingerprint density at radius 1 is 1.25 bits per heavy atom. The van der Waals surface area contributed by atoms with Crippen molar-refractivity contribution in [2.75, 3.05) is 6.61 Å². The molecule has 0 fully saturated rings. The van der Waals surface area contributed by atoms with Crippen molar-refractivity contribution in [2.24, 2.45) is 0 Å². The lowest BCUT2D eigenvalue weighted by atomic mass is 10.2. The van der Waals surface area contributed by atoms with E-state index < -0.39 is 5.97 Å². The molecule has 0 aromatic carbocycles. The molecule has 0 aliphatic carbocycles. The van der Waals surface area contributed by atoms with Crippen LogP contribution in [0.15, 0.2) is 35.0 Å². The van der Waals surface area contributed by atoms with Crippen LogP contribution < -0.4 is 0 Å². The van der Waals surface area contributed by atoms with Gasteiger partial charge in [0.15, 0.2) is 6.61 Å². The standard InChI is InChI=1S/C17H23N3O4/c1-12(2)20(13(3)4)16(21)11-23-17(22)15-7-6-14(24-15)10-19-9-5-8-18-19/h5-9,12-13H,10-11H2,1-4H3. The van der Waals surface area contributed by atoms with Gasteiger partial charge in [-0.15, -0.1) is 0 Å². The van der Waals surface area contributed by atoms with Crippen molar-refractivity contribution in [3.05, 3.63) is 42.1 Å². The smallest absolute Gasteiger partial charge is 0.374 e. The summed E-state index contributed by atoms with van der Waals surface area (Å²) < 4.78 is 12.2. The van der Waals surface area contributed by atoms with Crippen LogP contribution in [-0.2, 0) is 16.1 Å². The number of aromatic nitrogens is 2. The molecule has 0 spiro atoms. The summed E-state index contributed by atoms with van der Waals surface area (Å²) in [5.74, 6) is -0.215. The molecule has 0 saturated carbocycles. The zero-order chi connectivity index (χ0) is 17.7. The molecule has 0 unspecified atom stereocenters. The summed E-state index contributed by atoms with van der Waals surface area (Å²) in [6.45, 7) is 7.82. The summed E-state index contributed by atoms with van der Waals surface area (Å²) in [5.41, 5.74) is 0. The molecule has 0 aliphatic rings. The maximum absolute atomic E-state index is 12.2. The van der Waals surface area contributed by atoms with E-state index in [0.717, 1.165) is 0 Å². The quantitative estimate of drug-likeness (QED) is 0.727. The summed E-state index contributed by atoms with van der Waals surface area (Å²) in [6.07, 6.45) is 3.46. The topological polar surface area (TPSA) is 77.6 Å². The monoisotopic (exact) mass is 333 g/mol. The highest BCUT2D eigenvalue weighted by Gasteiger charge is 2.22. The minimum atomic E-state index is -0.650. The fourth-order valence-electron chi connectivity index (χ4n) is 2.57. The van der Waals surface area contributed by atoms with Gasteiger partial charge in [-0.05, 0) is 45.9 Å². The van der Waals surface area contributed by atoms with Crippen LogP contribution in [0.3, 0.4) is 0 Å². The molecule has 1 amide bonds. The van der Waals surface area contributed by atoms with Crippen LogP contribution in [0.1, 0.15) is 44.0 Å². The molecule has 0 saturated heterocycles. The molecule has 0 N–H and O–H groups in total. The molecule has 2 rings (SSSR count). The first kappa shape index (κ1) is 17.8. The zero-order valence-corrected chi connectivity index (χ0v) is 14.4. The van der Waals surface area contributed by atoms with Crippen LogP contribution in [0.25, 0.3) is 0 Å². The first-order valence-corrected chi connectivity index (χ1v) is 7.93. The predicted molar refractivity (Wildman–Crippen MR) is 87.4 cm³/mol. The Morgan fingerprint density at radius 3 is 2.54 bits per heavy atom. The number of nitrogens with zero attached hydrogens (tertiary/aromatic N) is 3. The van der Waals surface area contributed by atoms with E-state index in [1.807, 2.05) is 27.7 Å². The Morgan fingerprint density at radius 2 is 1.96 bits per heavy atom. The SMILES string of the molecule is CC(C)N(C(=O)COC(=O)c1ccc(Cn2cccn2)o1)C(C)C. The number of ether oxygens (including phenoxy) is 1. The fraction of sp³-hybridized carbons (Fsp3) is 0.471. The third-order valence-electron chi connectivity index (χ3n) is 3.47. The van der Waals surface area contributed by atoms with Gasteiger partial charge in [0, 0.05) is 24.5 Å². The Labute approximate surface area is 141 Å². The highest BCUT2D eigenvalue weighted by molar-refractivity contribution is 5.89. The van der Waals surface area contributed by atoms with Crippen LogP contribution in [0.4, 0.5) is 0 Å². The first-order valence-electron chi connectivity index (χ1n) is 7.93. The summed E-state index contributed by atoms with van der Waals surface area (Å²) in [4.78, 5) is 25.9. The second kappa shape index (κ2) is 7.81. The lowest BCUT2D eigenvalue weighted by molar-refractivity contribution is -0.138. The van der Waals surface area contributed by atoms with Crippen molar-refractivity contribution in [3.8, 4) is 0 Å². The van der Waals surface area contributed by atoms with Crippen LogP contribution >= 0.6 is 0 Å². The molecule has 7 heteroatoms. The number of hydrogen-bond acceptors (Lipinski definition) is 5. The Balaban J connectivity index is 1.90. The lowest BCUT2D eigenvalue weighted by Crippen LogP contribution is -2.44. The molecule has 0 atom stereocenters. The first-order chi connectivity index (χ1) is 11.4. The highest BCUT2D eigenvalue weighted by Crippen LogP contribution is 2.11. The van der Waals surface area contributed by atoms with Crippen molar-refractivity contribution in [1.82, 2.24) is 14.7 Å². The van der Waals surface area contributed by atoms with E-state index >= 15 is 0 Å². The van der Waals surface area contributed by atoms with Crippen molar-refractivity contribution in [1.29, 1.82) is 0 Å². The minimum absolute atomic E-state index is 0.0421. The highest BCUT2D eigenvalue weighted by atomic mass is 16.5. The van der Waals surface area contributed by atoms with Gasteiger partial charge in [0.05, 0.1) is 6.54 Å². The van der Waals surface area contributed by atoms with Crippen LogP contribution in [0.5, 0.6) is 0 Å². The van der Waals surface area contributed by atoms with Gasteiger partial charge in [-0.2, -0.15) is 5.10 Å². The molecule has 2 aromatic heterocycles. The lowest BCUT2D eigenvalue weighted by Gasteiger charge is -2.30. The van der Waals surface area contributed by atoms with E-state index in [1.165, 1.54) is 6.07 Å². The van der Waals surface area contributed by atoms with Gasteiger partial charge >= 0.3 is 5.97 Å². The molecule has 2 aromatic rings. The fourth-order valence-corrected chi connectivity index (χ4v) is 2.57. The number of rotatable bonds is 7. The summed E-state index contributed by atoms with van der Waals surface area (Å²) >= 11 is 0. The average molecular weight is 333 g/mol. The van der Waals surface area contributed by atoms with E-state index in [1.54, 1.807) is 34.1 Å². The van der Waals surface area contributed by atoms with Crippen molar-refractivity contribution in [3.63, 3.8) is 0 Å². The number of hydrogen-bond donors (Lipinski definition) is 0. The largest absolute Gasteiger partial charge is 0.452 e. The van der Waals surface area contributed by atoms with Crippen LogP contribution in [0.2, 0.25) is 0 Å². The number of furan rings is 1. The Kier molecular flexibility index (Phi) is 5.78. The number of carbonyl (C=O) groups is 2. The zero-order valence-electron chi connectivity index (χ0n) is 14.4. The normalized spacial score (nSPS) is 11.1. The molecule has 2 heterocycles. The van der Waals surface area contributed by atoms with Gasteiger partial charge < -0.3 is 14.1 Å². The Bertz CT molecular complexity index is 666. The predicted octanol–water partition coefficient (Wildman–Crippen LogP) is 2.33. The van der Waals surface area contributed by atoms with Crippen molar-refractivity contribution >= 4 is 11.9 Å². The van der Waals surface area contributed by atoms with Gasteiger partial charge in [-0.25, -0.2) is 4.79 Å². The molecule has 0 bridgehead atoms. The second-order valence-corrected chi connectivity index (χ2v) is 6.03. The van der Waals surface area contributed by atoms with Gasteiger partial charge in [-0.3, -0.25) is 9.48 Å². The molecule has 0 aliphatic heterocycles. The average Bonchev–Trinajstić information content (AvgIpc) is 3.16. The molecule has 130 valence electrons. The second-order valence-electron chi connectivity index (χ2n) is 6.03. The Hall–Kier alpha value is -2.57. The third kappa shape index (κ3) is 4.47. The number of amides is 1. The van der Waals surface area contributed by atoms with Gasteiger partial charge in [0.2, 0.25) is 5.76 Å². The van der Waals surface area contributed by atoms with E-state index in [-0.39, 0.29) is 30.4 Å². The van der Waals surface area contributed by atoms with E-state index in [9.17, 15) is 9.59 Å². The summed E-state index contributed by atoms with van der Waals surface area (Å²) in [6, 6.07) is 5.11. The molecular formula is C17H23N3O4. The third-order valence-corrected chi connectivity index (χ3v) is 3.47. The van der Waals surface area contributed by atoms with Gasteiger partial charge in [0.1, 0.15) is 5.76 Å². The van der Waals surface area contributed by atoms with Crippen LogP contribution in [-0.4, -0.2) is 45.2 Å². The minimum Gasteiger partial charge on any atom is -0.452 e. The van der Waals surface area contributed by atoms with E-state index in [0.29, 0.717) is 12.3 Å². The van der Waals surface area contributed by atoms with E-state index in [2.05, 4.69) is 5.10 Å².